The highest BCUT2D eigenvalue weighted by molar-refractivity contribution is 6.21. The summed E-state index contributed by atoms with van der Waals surface area (Å²) in [6.45, 7) is 5.06. The predicted molar refractivity (Wildman–Crippen MR) is 90.9 cm³/mol. The molecule has 0 aromatic heterocycles. The quantitative estimate of drug-likeness (QED) is 0.532. The van der Waals surface area contributed by atoms with Gasteiger partial charge in [0.2, 0.25) is 0 Å². The number of rotatable bonds is 8. The molecule has 0 N–H and O–H groups in total. The summed E-state index contributed by atoms with van der Waals surface area (Å²) in [7, 11) is 1.68. The zero-order valence-corrected chi connectivity index (χ0v) is 14.1. The van der Waals surface area contributed by atoms with E-state index in [4.69, 9.17) is 25.8 Å². The van der Waals surface area contributed by atoms with E-state index < -0.39 is 0 Å². The molecular weight excluding hydrogens is 300 g/mol. The lowest BCUT2D eigenvalue weighted by Crippen LogP contribution is -2.29. The molecule has 1 unspecified atom stereocenters. The van der Waals surface area contributed by atoms with E-state index in [0.29, 0.717) is 19.6 Å². The lowest BCUT2D eigenvalue weighted by Gasteiger charge is -2.22. The smallest absolute Gasteiger partial charge is 0.174 e. The Kier molecular flexibility index (Phi) is 6.49. The molecule has 0 amide bonds. The highest BCUT2D eigenvalue weighted by Gasteiger charge is 2.20. The maximum absolute atomic E-state index is 6.47. The van der Waals surface area contributed by atoms with Crippen LogP contribution in [0.4, 0.5) is 0 Å². The minimum Gasteiger partial charge on any atom is -0.497 e. The first kappa shape index (κ1) is 17.1. The number of hydrogen-bond donors (Lipinski definition) is 0. The molecule has 120 valence electrons. The minimum absolute atomic E-state index is 0.212. The third kappa shape index (κ3) is 4.35. The van der Waals surface area contributed by atoms with Crippen molar-refractivity contribution in [1.29, 1.82) is 0 Å². The van der Waals surface area contributed by atoms with Crippen LogP contribution in [0.15, 0.2) is 36.4 Å². The van der Waals surface area contributed by atoms with Crippen LogP contribution in [0.25, 0.3) is 10.8 Å². The molecule has 2 rings (SSSR count). The average Bonchev–Trinajstić information content (AvgIpc) is 2.54. The molecule has 0 radical (unpaired) electrons. The Hall–Kier alpha value is -1.29. The van der Waals surface area contributed by atoms with Crippen molar-refractivity contribution in [1.82, 2.24) is 0 Å². The number of alkyl halides is 1. The van der Waals surface area contributed by atoms with Crippen LogP contribution in [-0.4, -0.2) is 32.0 Å². The SMILES string of the molecule is CCOC(OCC)C(Cl)Cc1ccc2cc(OC)ccc2c1. The highest BCUT2D eigenvalue weighted by Crippen LogP contribution is 2.24. The minimum atomic E-state index is -0.372. The number of methoxy groups -OCH3 is 1. The Morgan fingerprint density at radius 2 is 1.59 bits per heavy atom. The highest BCUT2D eigenvalue weighted by atomic mass is 35.5. The molecular formula is C18H23ClO3. The molecule has 0 fully saturated rings. The number of hydrogen-bond acceptors (Lipinski definition) is 3. The Labute approximate surface area is 137 Å². The van der Waals surface area contributed by atoms with E-state index in [1.54, 1.807) is 7.11 Å². The number of ether oxygens (including phenoxy) is 3. The van der Waals surface area contributed by atoms with Crippen LogP contribution >= 0.6 is 11.6 Å². The van der Waals surface area contributed by atoms with Gasteiger partial charge in [-0.15, -0.1) is 11.6 Å². The van der Waals surface area contributed by atoms with Crippen molar-refractivity contribution in [3.63, 3.8) is 0 Å². The molecule has 0 heterocycles. The summed E-state index contributed by atoms with van der Waals surface area (Å²) in [5, 5.41) is 2.11. The van der Waals surface area contributed by atoms with E-state index in [1.165, 1.54) is 10.9 Å². The second kappa shape index (κ2) is 8.37. The molecule has 0 spiro atoms. The van der Waals surface area contributed by atoms with Gasteiger partial charge in [-0.25, -0.2) is 0 Å². The third-order valence-corrected chi connectivity index (χ3v) is 3.86. The van der Waals surface area contributed by atoms with Gasteiger partial charge in [-0.1, -0.05) is 24.3 Å². The predicted octanol–water partition coefficient (Wildman–Crippen LogP) is 4.40. The third-order valence-electron chi connectivity index (χ3n) is 3.50. The zero-order chi connectivity index (χ0) is 15.9. The molecule has 0 saturated carbocycles. The summed E-state index contributed by atoms with van der Waals surface area (Å²) >= 11 is 6.47. The number of fused-ring (bicyclic) bond motifs is 1. The van der Waals surface area contributed by atoms with Crippen molar-refractivity contribution in [2.75, 3.05) is 20.3 Å². The fraction of sp³-hybridized carbons (Fsp3) is 0.444. The first-order valence-corrected chi connectivity index (χ1v) is 8.05. The van der Waals surface area contributed by atoms with Crippen LogP contribution in [0.1, 0.15) is 19.4 Å². The van der Waals surface area contributed by atoms with E-state index in [2.05, 4.69) is 24.3 Å². The molecule has 0 aliphatic heterocycles. The van der Waals surface area contributed by atoms with Gasteiger partial charge >= 0.3 is 0 Å². The van der Waals surface area contributed by atoms with E-state index >= 15 is 0 Å². The largest absolute Gasteiger partial charge is 0.497 e. The lowest BCUT2D eigenvalue weighted by molar-refractivity contribution is -0.136. The van der Waals surface area contributed by atoms with Gasteiger partial charge in [0, 0.05) is 13.2 Å². The zero-order valence-electron chi connectivity index (χ0n) is 13.3. The van der Waals surface area contributed by atoms with Crippen molar-refractivity contribution >= 4 is 22.4 Å². The summed E-state index contributed by atoms with van der Waals surface area (Å²) in [5.41, 5.74) is 1.17. The van der Waals surface area contributed by atoms with E-state index in [-0.39, 0.29) is 11.7 Å². The van der Waals surface area contributed by atoms with Gasteiger partial charge in [0.1, 0.15) is 5.75 Å². The Morgan fingerprint density at radius 1 is 0.955 bits per heavy atom. The molecule has 0 aliphatic carbocycles. The standard InChI is InChI=1S/C18H23ClO3/c1-4-21-18(22-5-2)17(19)11-13-6-7-15-12-16(20-3)9-8-14(15)10-13/h6-10,12,17-18H,4-5,11H2,1-3H3. The summed E-state index contributed by atoms with van der Waals surface area (Å²) in [6.07, 6.45) is 0.331. The van der Waals surface area contributed by atoms with Crippen LogP contribution in [0.2, 0.25) is 0 Å². The topological polar surface area (TPSA) is 27.7 Å². The monoisotopic (exact) mass is 322 g/mol. The van der Waals surface area contributed by atoms with E-state index in [0.717, 1.165) is 11.1 Å². The summed E-state index contributed by atoms with van der Waals surface area (Å²) in [4.78, 5) is 0. The maximum Gasteiger partial charge on any atom is 0.174 e. The van der Waals surface area contributed by atoms with Gasteiger partial charge in [0.25, 0.3) is 0 Å². The first-order chi connectivity index (χ1) is 10.7. The Bertz CT molecular complexity index is 594. The fourth-order valence-electron chi connectivity index (χ4n) is 2.43. The van der Waals surface area contributed by atoms with Gasteiger partial charge < -0.3 is 14.2 Å². The summed E-state index contributed by atoms with van der Waals surface area (Å²) < 4.78 is 16.4. The molecule has 3 nitrogen and oxygen atoms in total. The van der Waals surface area contributed by atoms with Crippen molar-refractivity contribution in [3.05, 3.63) is 42.0 Å². The number of benzene rings is 2. The molecule has 2 aromatic carbocycles. The van der Waals surface area contributed by atoms with E-state index in [9.17, 15) is 0 Å². The molecule has 0 bridgehead atoms. The average molecular weight is 323 g/mol. The van der Waals surface area contributed by atoms with Crippen molar-refractivity contribution in [3.8, 4) is 5.75 Å². The van der Waals surface area contributed by atoms with Gasteiger partial charge in [-0.05, 0) is 48.7 Å². The van der Waals surface area contributed by atoms with Gasteiger partial charge in [-0.3, -0.25) is 0 Å². The van der Waals surface area contributed by atoms with Crippen LogP contribution < -0.4 is 4.74 Å². The van der Waals surface area contributed by atoms with Gasteiger partial charge in [0.15, 0.2) is 6.29 Å². The Morgan fingerprint density at radius 3 is 2.23 bits per heavy atom. The molecule has 0 saturated heterocycles. The second-order valence-corrected chi connectivity index (χ2v) is 5.61. The van der Waals surface area contributed by atoms with Gasteiger partial charge in [-0.2, -0.15) is 0 Å². The fourth-order valence-corrected chi connectivity index (χ4v) is 2.76. The van der Waals surface area contributed by atoms with E-state index in [1.807, 2.05) is 26.0 Å². The maximum atomic E-state index is 6.47. The summed E-state index contributed by atoms with van der Waals surface area (Å²) in [6, 6.07) is 12.4. The number of halogens is 1. The molecule has 4 heteroatoms. The van der Waals surface area contributed by atoms with Crippen molar-refractivity contribution < 1.29 is 14.2 Å². The normalized spacial score (nSPS) is 12.8. The molecule has 2 aromatic rings. The summed E-state index contributed by atoms with van der Waals surface area (Å²) in [5.74, 6) is 0.864. The first-order valence-electron chi connectivity index (χ1n) is 7.61. The van der Waals surface area contributed by atoms with Crippen LogP contribution in [0, 0.1) is 0 Å². The van der Waals surface area contributed by atoms with Crippen molar-refractivity contribution in [2.24, 2.45) is 0 Å². The Balaban J connectivity index is 2.13. The molecule has 22 heavy (non-hydrogen) atoms. The van der Waals surface area contributed by atoms with Crippen LogP contribution in [0.3, 0.4) is 0 Å². The molecule has 1 atom stereocenters. The van der Waals surface area contributed by atoms with Crippen LogP contribution in [0.5, 0.6) is 5.75 Å². The molecule has 0 aliphatic rings. The lowest BCUT2D eigenvalue weighted by atomic mass is 10.0. The second-order valence-electron chi connectivity index (χ2n) is 5.05. The van der Waals surface area contributed by atoms with Crippen molar-refractivity contribution in [2.45, 2.75) is 31.9 Å². The van der Waals surface area contributed by atoms with Gasteiger partial charge in [0.05, 0.1) is 12.5 Å². The van der Waals surface area contributed by atoms with Crippen LogP contribution in [-0.2, 0) is 15.9 Å².